The third-order valence-electron chi connectivity index (χ3n) is 2.46. The van der Waals surface area contributed by atoms with E-state index in [1.165, 1.54) is 25.3 Å². The molecule has 17 heavy (non-hydrogen) atoms. The van der Waals surface area contributed by atoms with Gasteiger partial charge in [-0.25, -0.2) is 4.39 Å². The Morgan fingerprint density at radius 3 is 2.82 bits per heavy atom. The molecular formula is C12H16FNO3. The van der Waals surface area contributed by atoms with E-state index in [-0.39, 0.29) is 24.3 Å². The summed E-state index contributed by atoms with van der Waals surface area (Å²) in [6.07, 6.45) is 0.626. The van der Waals surface area contributed by atoms with Crippen molar-refractivity contribution < 1.29 is 19.0 Å². The smallest absolute Gasteiger partial charge is 0.251 e. The summed E-state index contributed by atoms with van der Waals surface area (Å²) >= 11 is 0. The number of carbonyl (C=O) groups is 1. The van der Waals surface area contributed by atoms with Crippen molar-refractivity contribution in [3.8, 4) is 5.75 Å². The number of hydrogen-bond acceptors (Lipinski definition) is 3. The molecule has 0 saturated carbocycles. The van der Waals surface area contributed by atoms with E-state index in [0.29, 0.717) is 12.0 Å². The van der Waals surface area contributed by atoms with Crippen LogP contribution in [0.15, 0.2) is 18.2 Å². The largest absolute Gasteiger partial charge is 0.494 e. The molecule has 0 aliphatic heterocycles. The molecule has 0 spiro atoms. The first-order valence-corrected chi connectivity index (χ1v) is 5.37. The van der Waals surface area contributed by atoms with Crippen LogP contribution in [0.25, 0.3) is 0 Å². The Balaban J connectivity index is 2.82. The molecule has 0 fully saturated rings. The summed E-state index contributed by atoms with van der Waals surface area (Å²) in [5.74, 6) is -0.850. The van der Waals surface area contributed by atoms with E-state index in [1.54, 1.807) is 0 Å². The number of amides is 1. The molecule has 0 bridgehead atoms. The van der Waals surface area contributed by atoms with Crippen molar-refractivity contribution in [2.24, 2.45) is 0 Å². The fourth-order valence-corrected chi connectivity index (χ4v) is 1.35. The van der Waals surface area contributed by atoms with Crippen LogP contribution in [0.3, 0.4) is 0 Å². The molecule has 0 radical (unpaired) electrons. The van der Waals surface area contributed by atoms with E-state index < -0.39 is 5.82 Å². The second-order valence-electron chi connectivity index (χ2n) is 3.61. The molecule has 94 valence electrons. The monoisotopic (exact) mass is 241 g/mol. The van der Waals surface area contributed by atoms with Crippen molar-refractivity contribution in [2.75, 3.05) is 13.7 Å². The Labute approximate surface area is 99.4 Å². The lowest BCUT2D eigenvalue weighted by molar-refractivity contribution is 0.0914. The van der Waals surface area contributed by atoms with Crippen molar-refractivity contribution in [2.45, 2.75) is 19.4 Å². The molecule has 0 aromatic heterocycles. The summed E-state index contributed by atoms with van der Waals surface area (Å²) in [6, 6.07) is 3.58. The van der Waals surface area contributed by atoms with E-state index in [4.69, 9.17) is 9.84 Å². The molecule has 1 amide bonds. The molecule has 4 nitrogen and oxygen atoms in total. The van der Waals surface area contributed by atoms with E-state index in [1.807, 2.05) is 6.92 Å². The molecule has 5 heteroatoms. The van der Waals surface area contributed by atoms with Crippen LogP contribution in [0, 0.1) is 5.82 Å². The third-order valence-corrected chi connectivity index (χ3v) is 2.46. The van der Waals surface area contributed by atoms with Gasteiger partial charge in [0.1, 0.15) is 0 Å². The molecule has 0 saturated heterocycles. The molecule has 1 atom stereocenters. The molecule has 0 aliphatic carbocycles. The lowest BCUT2D eigenvalue weighted by Crippen LogP contribution is -2.36. The first-order valence-electron chi connectivity index (χ1n) is 5.37. The number of methoxy groups -OCH3 is 1. The number of aliphatic hydroxyl groups excluding tert-OH is 1. The zero-order chi connectivity index (χ0) is 12.8. The van der Waals surface area contributed by atoms with Gasteiger partial charge in [0.25, 0.3) is 5.91 Å². The van der Waals surface area contributed by atoms with Gasteiger partial charge in [0, 0.05) is 5.56 Å². The Morgan fingerprint density at radius 2 is 2.29 bits per heavy atom. The topological polar surface area (TPSA) is 58.6 Å². The second-order valence-corrected chi connectivity index (χ2v) is 3.61. The number of carbonyl (C=O) groups excluding carboxylic acids is 1. The first-order chi connectivity index (χ1) is 8.12. The first kappa shape index (κ1) is 13.4. The van der Waals surface area contributed by atoms with Gasteiger partial charge >= 0.3 is 0 Å². The summed E-state index contributed by atoms with van der Waals surface area (Å²) in [6.45, 7) is 1.73. The number of aliphatic hydroxyl groups is 1. The number of nitrogens with one attached hydrogen (secondary N) is 1. The summed E-state index contributed by atoms with van der Waals surface area (Å²) in [5.41, 5.74) is 0.301. The van der Waals surface area contributed by atoms with Gasteiger partial charge in [-0.15, -0.1) is 0 Å². The maximum atomic E-state index is 13.1. The van der Waals surface area contributed by atoms with Crippen LogP contribution in [0.1, 0.15) is 23.7 Å². The lowest BCUT2D eigenvalue weighted by atomic mass is 10.1. The number of rotatable bonds is 5. The second kappa shape index (κ2) is 6.20. The Hall–Kier alpha value is -1.62. The van der Waals surface area contributed by atoms with Gasteiger partial charge in [-0.05, 0) is 24.6 Å². The SMILES string of the molecule is CCC(CO)NC(=O)c1ccc(F)c(OC)c1. The Bertz CT molecular complexity index is 391. The van der Waals surface area contributed by atoms with Crippen LogP contribution in [0.2, 0.25) is 0 Å². The predicted molar refractivity (Wildman–Crippen MR) is 61.6 cm³/mol. The van der Waals surface area contributed by atoms with Crippen molar-refractivity contribution >= 4 is 5.91 Å². The van der Waals surface area contributed by atoms with E-state index in [9.17, 15) is 9.18 Å². The highest BCUT2D eigenvalue weighted by Gasteiger charge is 2.13. The third kappa shape index (κ3) is 3.42. The Morgan fingerprint density at radius 1 is 1.59 bits per heavy atom. The van der Waals surface area contributed by atoms with Gasteiger partial charge in [0.2, 0.25) is 0 Å². The summed E-state index contributed by atoms with van der Waals surface area (Å²) in [7, 11) is 1.34. The van der Waals surface area contributed by atoms with Crippen LogP contribution in [0.5, 0.6) is 5.75 Å². The maximum absolute atomic E-state index is 13.1. The molecule has 2 N–H and O–H groups in total. The van der Waals surface area contributed by atoms with Crippen molar-refractivity contribution in [3.05, 3.63) is 29.6 Å². The van der Waals surface area contributed by atoms with Crippen molar-refractivity contribution in [1.29, 1.82) is 0 Å². The van der Waals surface area contributed by atoms with E-state index in [2.05, 4.69) is 5.32 Å². The summed E-state index contributed by atoms with van der Waals surface area (Å²) in [5, 5.41) is 11.6. The van der Waals surface area contributed by atoms with Gasteiger partial charge in [0.15, 0.2) is 11.6 Å². The minimum absolute atomic E-state index is 0.0229. The zero-order valence-electron chi connectivity index (χ0n) is 9.87. The average molecular weight is 241 g/mol. The van der Waals surface area contributed by atoms with E-state index >= 15 is 0 Å². The summed E-state index contributed by atoms with van der Waals surface area (Å²) < 4.78 is 17.9. The molecule has 1 aromatic rings. The van der Waals surface area contributed by atoms with Crippen LogP contribution < -0.4 is 10.1 Å². The van der Waals surface area contributed by atoms with Crippen molar-refractivity contribution in [1.82, 2.24) is 5.32 Å². The molecule has 1 aromatic carbocycles. The standard InChI is InChI=1S/C12H16FNO3/c1-3-9(7-15)14-12(16)8-4-5-10(13)11(6-8)17-2/h4-6,9,15H,3,7H2,1-2H3,(H,14,16). The minimum atomic E-state index is -0.516. The summed E-state index contributed by atoms with van der Waals surface area (Å²) in [4.78, 5) is 11.8. The fourth-order valence-electron chi connectivity index (χ4n) is 1.35. The van der Waals surface area contributed by atoms with Crippen LogP contribution in [-0.2, 0) is 0 Å². The zero-order valence-corrected chi connectivity index (χ0v) is 9.87. The van der Waals surface area contributed by atoms with Gasteiger partial charge in [-0.1, -0.05) is 6.92 Å². The van der Waals surface area contributed by atoms with Gasteiger partial charge in [-0.3, -0.25) is 4.79 Å². The molecule has 1 unspecified atom stereocenters. The molecule has 0 heterocycles. The molecule has 1 rings (SSSR count). The number of hydrogen-bond donors (Lipinski definition) is 2. The fraction of sp³-hybridized carbons (Fsp3) is 0.417. The number of ether oxygens (including phenoxy) is 1. The number of halogens is 1. The van der Waals surface area contributed by atoms with Crippen molar-refractivity contribution in [3.63, 3.8) is 0 Å². The highest BCUT2D eigenvalue weighted by atomic mass is 19.1. The van der Waals surface area contributed by atoms with Gasteiger partial charge < -0.3 is 15.2 Å². The van der Waals surface area contributed by atoms with Gasteiger partial charge in [-0.2, -0.15) is 0 Å². The van der Waals surface area contributed by atoms with Gasteiger partial charge in [0.05, 0.1) is 19.8 Å². The average Bonchev–Trinajstić information content (AvgIpc) is 2.36. The van der Waals surface area contributed by atoms with Crippen LogP contribution in [0.4, 0.5) is 4.39 Å². The molecular weight excluding hydrogens is 225 g/mol. The van der Waals surface area contributed by atoms with E-state index in [0.717, 1.165) is 0 Å². The predicted octanol–water partition coefficient (Wildman–Crippen LogP) is 1.34. The highest BCUT2D eigenvalue weighted by Crippen LogP contribution is 2.18. The van der Waals surface area contributed by atoms with Crippen LogP contribution >= 0.6 is 0 Å². The minimum Gasteiger partial charge on any atom is -0.494 e. The quantitative estimate of drug-likeness (QED) is 0.817. The Kier molecular flexibility index (Phi) is 4.90. The lowest BCUT2D eigenvalue weighted by Gasteiger charge is -2.14. The normalized spacial score (nSPS) is 12.0. The number of benzene rings is 1. The maximum Gasteiger partial charge on any atom is 0.251 e. The molecule has 0 aliphatic rings. The highest BCUT2D eigenvalue weighted by molar-refractivity contribution is 5.94. The van der Waals surface area contributed by atoms with Crippen LogP contribution in [-0.4, -0.2) is 30.8 Å².